The molecule has 0 unspecified atom stereocenters. The topological polar surface area (TPSA) is 67.2 Å². The highest BCUT2D eigenvalue weighted by Crippen LogP contribution is 2.38. The number of hydrogen-bond acceptors (Lipinski definition) is 3. The van der Waals surface area contributed by atoms with Crippen molar-refractivity contribution in [3.8, 4) is 0 Å². The summed E-state index contributed by atoms with van der Waals surface area (Å²) in [6.07, 6.45) is 4.38. The number of aryl methyl sites for hydroxylation is 1. The van der Waals surface area contributed by atoms with Gasteiger partial charge in [0.15, 0.2) is 0 Å². The van der Waals surface area contributed by atoms with Gasteiger partial charge in [-0.2, -0.15) is 5.10 Å². The first-order valence-corrected chi connectivity index (χ1v) is 7.74. The van der Waals surface area contributed by atoms with Gasteiger partial charge in [-0.25, -0.2) is 4.39 Å². The molecule has 1 saturated carbocycles. The monoisotopic (exact) mass is 337 g/mol. The van der Waals surface area contributed by atoms with Gasteiger partial charge in [0.05, 0.1) is 28.9 Å². The SMILES string of the molecule is Cn1cc([C@@H](NC(=O)c2cc(F)ccc2Cl)C2CC(O)C2)cn1. The number of benzene rings is 1. The molecule has 23 heavy (non-hydrogen) atoms. The molecule has 0 bridgehead atoms. The third-order valence-electron chi connectivity index (χ3n) is 4.16. The fourth-order valence-corrected chi connectivity index (χ4v) is 3.07. The van der Waals surface area contributed by atoms with Gasteiger partial charge in [0.25, 0.3) is 5.91 Å². The molecule has 122 valence electrons. The van der Waals surface area contributed by atoms with Crippen LogP contribution in [-0.4, -0.2) is 26.9 Å². The number of nitrogens with zero attached hydrogens (tertiary/aromatic N) is 2. The highest BCUT2D eigenvalue weighted by atomic mass is 35.5. The van der Waals surface area contributed by atoms with Gasteiger partial charge in [-0.1, -0.05) is 11.6 Å². The third-order valence-corrected chi connectivity index (χ3v) is 4.49. The summed E-state index contributed by atoms with van der Waals surface area (Å²) in [5.41, 5.74) is 0.950. The Balaban J connectivity index is 1.83. The maximum absolute atomic E-state index is 13.4. The second-order valence-electron chi connectivity index (χ2n) is 5.91. The summed E-state index contributed by atoms with van der Waals surface area (Å²) in [7, 11) is 1.79. The van der Waals surface area contributed by atoms with Gasteiger partial charge in [0.2, 0.25) is 0 Å². The van der Waals surface area contributed by atoms with Crippen LogP contribution in [0.25, 0.3) is 0 Å². The number of carbonyl (C=O) groups excluding carboxylic acids is 1. The minimum Gasteiger partial charge on any atom is -0.393 e. The van der Waals surface area contributed by atoms with Crippen molar-refractivity contribution >= 4 is 17.5 Å². The maximum Gasteiger partial charge on any atom is 0.253 e. The molecule has 1 aliphatic carbocycles. The second-order valence-corrected chi connectivity index (χ2v) is 6.32. The van der Waals surface area contributed by atoms with E-state index in [-0.39, 0.29) is 28.6 Å². The van der Waals surface area contributed by atoms with Gasteiger partial charge in [-0.3, -0.25) is 9.48 Å². The molecule has 1 atom stereocenters. The van der Waals surface area contributed by atoms with E-state index < -0.39 is 11.7 Å². The molecule has 0 saturated heterocycles. The Hall–Kier alpha value is -1.92. The summed E-state index contributed by atoms with van der Waals surface area (Å²) in [6, 6.07) is 3.39. The maximum atomic E-state index is 13.4. The van der Waals surface area contributed by atoms with E-state index in [4.69, 9.17) is 11.6 Å². The predicted octanol–water partition coefficient (Wildman–Crippen LogP) is 2.45. The summed E-state index contributed by atoms with van der Waals surface area (Å²) in [5.74, 6) is -0.841. The number of nitrogens with one attached hydrogen (secondary N) is 1. The first-order valence-electron chi connectivity index (χ1n) is 7.36. The first-order chi connectivity index (χ1) is 10.9. The zero-order valence-corrected chi connectivity index (χ0v) is 13.3. The highest BCUT2D eigenvalue weighted by Gasteiger charge is 2.36. The van der Waals surface area contributed by atoms with Crippen LogP contribution in [-0.2, 0) is 7.05 Å². The van der Waals surface area contributed by atoms with Crippen molar-refractivity contribution in [2.45, 2.75) is 25.0 Å². The molecular weight excluding hydrogens is 321 g/mol. The number of amides is 1. The van der Waals surface area contributed by atoms with Gasteiger partial charge in [-0.05, 0) is 37.0 Å². The van der Waals surface area contributed by atoms with E-state index >= 15 is 0 Å². The summed E-state index contributed by atoms with van der Waals surface area (Å²) < 4.78 is 15.0. The Morgan fingerprint density at radius 3 is 2.87 bits per heavy atom. The van der Waals surface area contributed by atoms with Crippen LogP contribution in [0, 0.1) is 11.7 Å². The molecule has 7 heteroatoms. The van der Waals surface area contributed by atoms with Crippen LogP contribution < -0.4 is 5.32 Å². The molecule has 1 aromatic heterocycles. The van der Waals surface area contributed by atoms with Crippen molar-refractivity contribution in [2.24, 2.45) is 13.0 Å². The Bertz CT molecular complexity index is 728. The average molecular weight is 338 g/mol. The van der Waals surface area contributed by atoms with Crippen molar-refractivity contribution in [3.05, 3.63) is 52.6 Å². The predicted molar refractivity (Wildman–Crippen MR) is 83.6 cm³/mol. The van der Waals surface area contributed by atoms with Crippen LogP contribution in [0.15, 0.2) is 30.6 Å². The molecule has 1 aromatic carbocycles. The highest BCUT2D eigenvalue weighted by molar-refractivity contribution is 6.33. The van der Waals surface area contributed by atoms with Crippen LogP contribution in [0.4, 0.5) is 4.39 Å². The Morgan fingerprint density at radius 1 is 1.52 bits per heavy atom. The van der Waals surface area contributed by atoms with Gasteiger partial charge in [-0.15, -0.1) is 0 Å². The minimum absolute atomic E-state index is 0.0976. The number of aliphatic hydroxyl groups is 1. The molecule has 2 aromatic rings. The quantitative estimate of drug-likeness (QED) is 0.900. The molecule has 1 fully saturated rings. The standard InChI is InChI=1S/C16H17ClFN3O2/c1-21-8-10(7-19-21)15(9-4-12(22)5-9)20-16(23)13-6-11(18)2-3-14(13)17/h2-3,6-9,12,15,22H,4-5H2,1H3,(H,20,23)/t9?,12?,15-/m0/s1. The second kappa shape index (κ2) is 6.29. The van der Waals surface area contributed by atoms with Gasteiger partial charge >= 0.3 is 0 Å². The Morgan fingerprint density at radius 2 is 2.26 bits per heavy atom. The van der Waals surface area contributed by atoms with Crippen LogP contribution in [0.3, 0.4) is 0 Å². The van der Waals surface area contributed by atoms with E-state index in [2.05, 4.69) is 10.4 Å². The van der Waals surface area contributed by atoms with Crippen molar-refractivity contribution in [3.63, 3.8) is 0 Å². The molecule has 1 amide bonds. The van der Waals surface area contributed by atoms with E-state index in [1.807, 2.05) is 6.20 Å². The third kappa shape index (κ3) is 3.38. The lowest BCUT2D eigenvalue weighted by Gasteiger charge is -2.37. The van der Waals surface area contributed by atoms with Crippen molar-refractivity contribution < 1.29 is 14.3 Å². The number of halogens is 2. The average Bonchev–Trinajstić information content (AvgIpc) is 2.90. The Labute approximate surface area is 138 Å². The fourth-order valence-electron chi connectivity index (χ4n) is 2.87. The lowest BCUT2D eigenvalue weighted by molar-refractivity contribution is 0.0235. The summed E-state index contributed by atoms with van der Waals surface area (Å²) in [5, 5.41) is 16.8. The van der Waals surface area contributed by atoms with Crippen LogP contribution in [0.2, 0.25) is 5.02 Å². The van der Waals surface area contributed by atoms with Crippen molar-refractivity contribution in [1.29, 1.82) is 0 Å². The molecule has 2 N–H and O–H groups in total. The number of aliphatic hydroxyl groups excluding tert-OH is 1. The minimum atomic E-state index is -0.517. The molecule has 1 heterocycles. The van der Waals surface area contributed by atoms with E-state index in [0.717, 1.165) is 11.6 Å². The van der Waals surface area contributed by atoms with E-state index in [9.17, 15) is 14.3 Å². The zero-order chi connectivity index (χ0) is 16.6. The largest absolute Gasteiger partial charge is 0.393 e. The van der Waals surface area contributed by atoms with Gasteiger partial charge < -0.3 is 10.4 Å². The Kier molecular flexibility index (Phi) is 4.37. The molecular formula is C16H17ClFN3O2. The normalized spacial score (nSPS) is 21.6. The van der Waals surface area contributed by atoms with Crippen LogP contribution in [0.1, 0.15) is 34.8 Å². The smallest absolute Gasteiger partial charge is 0.253 e. The van der Waals surface area contributed by atoms with E-state index in [0.29, 0.717) is 12.8 Å². The zero-order valence-electron chi connectivity index (χ0n) is 12.5. The van der Waals surface area contributed by atoms with Gasteiger partial charge in [0, 0.05) is 18.8 Å². The first kappa shape index (κ1) is 16.0. The molecule has 0 spiro atoms. The molecule has 5 nitrogen and oxygen atoms in total. The lowest BCUT2D eigenvalue weighted by atomic mass is 9.75. The van der Waals surface area contributed by atoms with Crippen molar-refractivity contribution in [2.75, 3.05) is 0 Å². The number of hydrogen-bond donors (Lipinski definition) is 2. The van der Waals surface area contributed by atoms with E-state index in [1.165, 1.54) is 12.1 Å². The lowest BCUT2D eigenvalue weighted by Crippen LogP contribution is -2.41. The van der Waals surface area contributed by atoms with Gasteiger partial charge in [0.1, 0.15) is 5.82 Å². The molecule has 1 aliphatic rings. The number of carbonyl (C=O) groups is 1. The molecule has 0 radical (unpaired) electrons. The fraction of sp³-hybridized carbons (Fsp3) is 0.375. The molecule has 0 aliphatic heterocycles. The summed E-state index contributed by atoms with van der Waals surface area (Å²) in [6.45, 7) is 0. The van der Waals surface area contributed by atoms with Crippen molar-refractivity contribution in [1.82, 2.24) is 15.1 Å². The molecule has 3 rings (SSSR count). The number of aromatic nitrogens is 2. The number of rotatable bonds is 4. The van der Waals surface area contributed by atoms with E-state index in [1.54, 1.807) is 17.9 Å². The summed E-state index contributed by atoms with van der Waals surface area (Å²) in [4.78, 5) is 12.5. The van der Waals surface area contributed by atoms with Crippen LogP contribution >= 0.6 is 11.6 Å². The van der Waals surface area contributed by atoms with Crippen LogP contribution in [0.5, 0.6) is 0 Å². The summed E-state index contributed by atoms with van der Waals surface area (Å²) >= 11 is 5.99.